The highest BCUT2D eigenvalue weighted by atomic mass is 16.5. The molecule has 0 aliphatic heterocycles. The second kappa shape index (κ2) is 7.48. The fourth-order valence-corrected chi connectivity index (χ4v) is 1.89. The monoisotopic (exact) mass is 267 g/mol. The highest BCUT2D eigenvalue weighted by Crippen LogP contribution is 2.18. The highest BCUT2D eigenvalue weighted by molar-refractivity contribution is 5.28. The highest BCUT2D eigenvalue weighted by Gasteiger charge is 2.21. The third-order valence-electron chi connectivity index (χ3n) is 3.61. The quantitative estimate of drug-likeness (QED) is 0.673. The second-order valence-electron chi connectivity index (χ2n) is 4.85. The zero-order valence-corrected chi connectivity index (χ0v) is 12.0. The molecule has 1 atom stereocenters. The predicted octanol–water partition coefficient (Wildman–Crippen LogP) is 1.87. The van der Waals surface area contributed by atoms with Crippen molar-refractivity contribution < 1.29 is 14.9 Å². The maximum Gasteiger partial charge on any atom is 0.118 e. The van der Waals surface area contributed by atoms with Crippen LogP contribution >= 0.6 is 0 Å². The maximum atomic E-state index is 10.1. The molecular formula is C15H25NO3. The Labute approximate surface area is 115 Å². The lowest BCUT2D eigenvalue weighted by Gasteiger charge is -2.26. The first-order chi connectivity index (χ1) is 9.04. The van der Waals surface area contributed by atoms with Crippen molar-refractivity contribution in [3.8, 4) is 5.75 Å². The van der Waals surface area contributed by atoms with Gasteiger partial charge >= 0.3 is 0 Å². The molecule has 0 fully saturated rings. The van der Waals surface area contributed by atoms with Gasteiger partial charge in [-0.05, 0) is 30.5 Å². The summed E-state index contributed by atoms with van der Waals surface area (Å²) in [7, 11) is 1.61. The maximum absolute atomic E-state index is 10.1. The summed E-state index contributed by atoms with van der Waals surface area (Å²) in [4.78, 5) is 0. The normalized spacial score (nSPS) is 13.3. The van der Waals surface area contributed by atoms with Gasteiger partial charge in [0.15, 0.2) is 0 Å². The Bertz CT molecular complexity index is 360. The Morgan fingerprint density at radius 3 is 2.26 bits per heavy atom. The minimum Gasteiger partial charge on any atom is -0.497 e. The van der Waals surface area contributed by atoms with Crippen LogP contribution in [0.25, 0.3) is 0 Å². The van der Waals surface area contributed by atoms with Gasteiger partial charge in [0.25, 0.3) is 0 Å². The molecular weight excluding hydrogens is 242 g/mol. The number of rotatable bonds is 8. The van der Waals surface area contributed by atoms with Crippen LogP contribution in [0.3, 0.4) is 0 Å². The molecule has 0 aliphatic carbocycles. The minimum absolute atomic E-state index is 0.425. The molecule has 0 aliphatic rings. The first kappa shape index (κ1) is 16.0. The van der Waals surface area contributed by atoms with Crippen LogP contribution in [0.5, 0.6) is 5.75 Å². The molecule has 0 bridgehead atoms. The molecule has 0 saturated heterocycles. The molecule has 0 amide bonds. The molecule has 1 rings (SSSR count). The average Bonchev–Trinajstić information content (AvgIpc) is 2.47. The molecule has 0 spiro atoms. The smallest absolute Gasteiger partial charge is 0.118 e. The van der Waals surface area contributed by atoms with Crippen molar-refractivity contribution in [2.24, 2.45) is 0 Å². The van der Waals surface area contributed by atoms with Crippen molar-refractivity contribution in [3.05, 3.63) is 29.8 Å². The van der Waals surface area contributed by atoms with Crippen LogP contribution < -0.4 is 10.1 Å². The number of aliphatic hydroxyl groups excluding tert-OH is 1. The van der Waals surface area contributed by atoms with E-state index in [1.54, 1.807) is 7.11 Å². The Morgan fingerprint density at radius 2 is 1.79 bits per heavy atom. The number of hydrogen-bond donors (Lipinski definition) is 3. The molecule has 0 aromatic heterocycles. The molecule has 1 aromatic rings. The van der Waals surface area contributed by atoms with E-state index in [1.165, 1.54) is 0 Å². The van der Waals surface area contributed by atoms with Crippen molar-refractivity contribution in [2.75, 3.05) is 20.2 Å². The van der Waals surface area contributed by atoms with Gasteiger partial charge < -0.3 is 20.3 Å². The van der Waals surface area contributed by atoms with Crippen LogP contribution in [-0.2, 0) is 0 Å². The summed E-state index contributed by atoms with van der Waals surface area (Å²) in [6, 6.07) is 7.34. The first-order valence-corrected chi connectivity index (χ1v) is 6.79. The number of aliphatic hydroxyl groups is 2. The van der Waals surface area contributed by atoms with Crippen LogP contribution in [0.15, 0.2) is 24.3 Å². The Kier molecular flexibility index (Phi) is 6.28. The zero-order chi connectivity index (χ0) is 14.3. The molecule has 4 nitrogen and oxygen atoms in total. The van der Waals surface area contributed by atoms with Gasteiger partial charge in [-0.15, -0.1) is 0 Å². The summed E-state index contributed by atoms with van der Waals surface area (Å²) in [5.41, 5.74) is 0.157. The van der Waals surface area contributed by atoms with Gasteiger partial charge in [0, 0.05) is 13.1 Å². The Morgan fingerprint density at radius 1 is 1.21 bits per heavy atom. The molecule has 0 heterocycles. The van der Waals surface area contributed by atoms with Crippen molar-refractivity contribution in [1.82, 2.24) is 5.32 Å². The van der Waals surface area contributed by atoms with E-state index >= 15 is 0 Å². The standard InChI is InChI=1S/C15H25NO3/c1-4-15(18,5-2)11-16-10-14(17)12-6-8-13(19-3)9-7-12/h6-9,14,16-18H,4-5,10-11H2,1-3H3. The van der Waals surface area contributed by atoms with E-state index < -0.39 is 11.7 Å². The summed E-state index contributed by atoms with van der Waals surface area (Å²) in [6.07, 6.45) is 0.827. The Balaban J connectivity index is 2.44. The summed E-state index contributed by atoms with van der Waals surface area (Å²) >= 11 is 0. The summed E-state index contributed by atoms with van der Waals surface area (Å²) in [5.74, 6) is 0.773. The van der Waals surface area contributed by atoms with Crippen LogP contribution in [0.1, 0.15) is 38.4 Å². The fraction of sp³-hybridized carbons (Fsp3) is 0.600. The zero-order valence-electron chi connectivity index (χ0n) is 12.0. The van der Waals surface area contributed by atoms with Gasteiger partial charge in [0.2, 0.25) is 0 Å². The van der Waals surface area contributed by atoms with E-state index in [4.69, 9.17) is 4.74 Å². The number of benzene rings is 1. The van der Waals surface area contributed by atoms with Crippen LogP contribution in [0, 0.1) is 0 Å². The van der Waals surface area contributed by atoms with E-state index in [0.717, 1.165) is 11.3 Å². The molecule has 1 unspecified atom stereocenters. The number of nitrogens with one attached hydrogen (secondary N) is 1. The predicted molar refractivity (Wildman–Crippen MR) is 76.4 cm³/mol. The molecule has 3 N–H and O–H groups in total. The SMILES string of the molecule is CCC(O)(CC)CNCC(O)c1ccc(OC)cc1. The van der Waals surface area contributed by atoms with Gasteiger partial charge in [-0.2, -0.15) is 0 Å². The van der Waals surface area contributed by atoms with Crippen LogP contribution in [0.4, 0.5) is 0 Å². The number of hydrogen-bond acceptors (Lipinski definition) is 4. The van der Waals surface area contributed by atoms with Crippen LogP contribution in [0.2, 0.25) is 0 Å². The van der Waals surface area contributed by atoms with Crippen molar-refractivity contribution in [2.45, 2.75) is 38.4 Å². The Hall–Kier alpha value is -1.10. The van der Waals surface area contributed by atoms with Crippen molar-refractivity contribution in [1.29, 1.82) is 0 Å². The van der Waals surface area contributed by atoms with Gasteiger partial charge in [-0.25, -0.2) is 0 Å². The molecule has 4 heteroatoms. The van der Waals surface area contributed by atoms with E-state index in [1.807, 2.05) is 38.1 Å². The third-order valence-corrected chi connectivity index (χ3v) is 3.61. The lowest BCUT2D eigenvalue weighted by molar-refractivity contribution is 0.0293. The topological polar surface area (TPSA) is 61.7 Å². The van der Waals surface area contributed by atoms with Gasteiger partial charge in [0.05, 0.1) is 18.8 Å². The average molecular weight is 267 g/mol. The molecule has 0 radical (unpaired) electrons. The number of methoxy groups -OCH3 is 1. The summed E-state index contributed by atoms with van der Waals surface area (Å²) < 4.78 is 5.07. The van der Waals surface area contributed by atoms with E-state index in [-0.39, 0.29) is 0 Å². The van der Waals surface area contributed by atoms with E-state index in [2.05, 4.69) is 5.32 Å². The van der Waals surface area contributed by atoms with Crippen molar-refractivity contribution in [3.63, 3.8) is 0 Å². The van der Waals surface area contributed by atoms with E-state index in [9.17, 15) is 10.2 Å². The lowest BCUT2D eigenvalue weighted by atomic mass is 9.97. The molecule has 19 heavy (non-hydrogen) atoms. The van der Waals surface area contributed by atoms with E-state index in [0.29, 0.717) is 25.9 Å². The lowest BCUT2D eigenvalue weighted by Crippen LogP contribution is -2.40. The fourth-order valence-electron chi connectivity index (χ4n) is 1.89. The van der Waals surface area contributed by atoms with Gasteiger partial charge in [-0.3, -0.25) is 0 Å². The summed E-state index contributed by atoms with van der Waals surface area (Å²) in [5, 5.41) is 23.3. The minimum atomic E-state index is -0.681. The molecule has 108 valence electrons. The van der Waals surface area contributed by atoms with Gasteiger partial charge in [-0.1, -0.05) is 26.0 Å². The second-order valence-corrected chi connectivity index (χ2v) is 4.85. The van der Waals surface area contributed by atoms with Crippen molar-refractivity contribution >= 4 is 0 Å². The third kappa shape index (κ3) is 4.82. The molecule has 0 saturated carbocycles. The summed E-state index contributed by atoms with van der Waals surface area (Å²) in [6.45, 7) is 4.85. The van der Waals surface area contributed by atoms with Crippen LogP contribution in [-0.4, -0.2) is 36.0 Å². The first-order valence-electron chi connectivity index (χ1n) is 6.79. The largest absolute Gasteiger partial charge is 0.497 e. The van der Waals surface area contributed by atoms with Gasteiger partial charge in [0.1, 0.15) is 5.75 Å². The molecule has 1 aromatic carbocycles. The number of ether oxygens (including phenoxy) is 1.